The molecule has 2 fully saturated rings. The number of unbranched alkanes of at least 4 members (excludes halogenated alkanes) is 1. The lowest BCUT2D eigenvalue weighted by Gasteiger charge is -2.16. The van der Waals surface area contributed by atoms with Gasteiger partial charge in [0.15, 0.2) is 0 Å². The summed E-state index contributed by atoms with van der Waals surface area (Å²) in [5, 5.41) is 6.44. The fourth-order valence-electron chi connectivity index (χ4n) is 3.53. The Bertz CT molecular complexity index is 483. The molecule has 29 heavy (non-hydrogen) atoms. The summed E-state index contributed by atoms with van der Waals surface area (Å²) in [6.07, 6.45) is 5.88. The number of carbonyl (C=O) groups is 2. The van der Waals surface area contributed by atoms with Gasteiger partial charge < -0.3 is 30.6 Å². The van der Waals surface area contributed by atoms with Crippen molar-refractivity contribution in [1.82, 2.24) is 10.6 Å². The zero-order valence-electron chi connectivity index (χ0n) is 17.4. The van der Waals surface area contributed by atoms with Crippen molar-refractivity contribution >= 4 is 23.6 Å². The lowest BCUT2D eigenvalue weighted by molar-refractivity contribution is -0.119. The summed E-state index contributed by atoms with van der Waals surface area (Å²) in [6.45, 7) is 4.17. The van der Waals surface area contributed by atoms with Gasteiger partial charge in [-0.2, -0.15) is 11.8 Å². The number of amides is 2. The maximum atomic E-state index is 12.0. The number of hydrogen-bond acceptors (Lipinski definition) is 7. The zero-order valence-corrected chi connectivity index (χ0v) is 18.2. The highest BCUT2D eigenvalue weighted by Gasteiger charge is 2.42. The molecule has 9 heteroatoms. The Labute approximate surface area is 178 Å². The molecule has 0 aromatic rings. The lowest BCUT2D eigenvalue weighted by atomic mass is 10.0. The smallest absolute Gasteiger partial charge is 0.315 e. The summed E-state index contributed by atoms with van der Waals surface area (Å²) in [5.41, 5.74) is 5.38. The van der Waals surface area contributed by atoms with E-state index in [1.165, 1.54) is 0 Å². The number of Topliss-reactive ketones (excluding diaryl/α,β-unsaturated/α-hetero) is 1. The van der Waals surface area contributed by atoms with Crippen LogP contribution in [-0.4, -0.2) is 81.1 Å². The molecule has 0 bridgehead atoms. The van der Waals surface area contributed by atoms with Crippen LogP contribution in [0.15, 0.2) is 0 Å². The molecule has 2 rings (SSSR count). The molecule has 2 aliphatic rings. The van der Waals surface area contributed by atoms with E-state index in [1.807, 2.05) is 11.8 Å². The number of nitrogens with one attached hydrogen (secondary N) is 2. The van der Waals surface area contributed by atoms with Crippen LogP contribution in [0.1, 0.15) is 44.9 Å². The van der Waals surface area contributed by atoms with Crippen molar-refractivity contribution in [2.75, 3.05) is 51.9 Å². The second-order valence-electron chi connectivity index (χ2n) is 7.49. The Morgan fingerprint density at radius 2 is 1.59 bits per heavy atom. The van der Waals surface area contributed by atoms with Gasteiger partial charge in [-0.15, -0.1) is 0 Å². The van der Waals surface area contributed by atoms with E-state index >= 15 is 0 Å². The van der Waals surface area contributed by atoms with Crippen molar-refractivity contribution in [3.8, 4) is 0 Å². The number of ether oxygens (including phenoxy) is 3. The van der Waals surface area contributed by atoms with E-state index in [-0.39, 0.29) is 18.1 Å². The molecule has 4 N–H and O–H groups in total. The molecule has 2 amide bonds. The third-order valence-corrected chi connectivity index (χ3v) is 6.62. The second-order valence-corrected chi connectivity index (χ2v) is 8.76. The van der Waals surface area contributed by atoms with Gasteiger partial charge in [-0.25, -0.2) is 4.79 Å². The molecule has 2 heterocycles. The minimum atomic E-state index is -0.0402. The molecule has 2 saturated heterocycles. The number of nitrogens with two attached hydrogens (primary N) is 1. The van der Waals surface area contributed by atoms with Gasteiger partial charge in [0.05, 0.1) is 38.5 Å². The standard InChI is InChI=1S/C20H37N3O5S/c21-8-4-10-27-12-14-28-13-11-26-9-3-6-16(24)5-1-2-7-18-19-17(15-29-18)22-20(25)23-19/h17-19H,1-15,21H2,(H2,22,23,25)/t17-,18-,19-/m0/s1. The molecule has 0 aliphatic carbocycles. The average Bonchev–Trinajstić information content (AvgIpc) is 3.25. The first kappa shape index (κ1) is 24.4. The van der Waals surface area contributed by atoms with Crippen LogP contribution in [0, 0.1) is 0 Å². The van der Waals surface area contributed by atoms with Gasteiger partial charge in [0.2, 0.25) is 0 Å². The van der Waals surface area contributed by atoms with Crippen LogP contribution in [0.5, 0.6) is 0 Å². The predicted molar refractivity (Wildman–Crippen MR) is 114 cm³/mol. The number of fused-ring (bicyclic) bond motifs is 1. The van der Waals surface area contributed by atoms with Crippen LogP contribution in [0.2, 0.25) is 0 Å². The topological polar surface area (TPSA) is 112 Å². The minimum Gasteiger partial charge on any atom is -0.379 e. The van der Waals surface area contributed by atoms with Gasteiger partial charge in [0.1, 0.15) is 5.78 Å². The first-order valence-electron chi connectivity index (χ1n) is 10.8. The summed E-state index contributed by atoms with van der Waals surface area (Å²) in [5.74, 6) is 1.30. The Morgan fingerprint density at radius 3 is 2.31 bits per heavy atom. The van der Waals surface area contributed by atoms with Crippen LogP contribution in [0.4, 0.5) is 4.79 Å². The number of urea groups is 1. The Kier molecular flexibility index (Phi) is 12.6. The van der Waals surface area contributed by atoms with Crippen molar-refractivity contribution in [1.29, 1.82) is 0 Å². The Hall–Kier alpha value is -0.870. The quantitative estimate of drug-likeness (QED) is 0.222. The van der Waals surface area contributed by atoms with Crippen molar-refractivity contribution in [3.05, 3.63) is 0 Å². The molecule has 0 unspecified atom stereocenters. The van der Waals surface area contributed by atoms with E-state index in [4.69, 9.17) is 19.9 Å². The number of rotatable bonds is 18. The van der Waals surface area contributed by atoms with Gasteiger partial charge in [-0.3, -0.25) is 4.79 Å². The molecular formula is C20H37N3O5S. The maximum Gasteiger partial charge on any atom is 0.315 e. The SMILES string of the molecule is NCCCOCCOCCOCCCC(=O)CCCC[C@@H]1SC[C@@H]2NC(=O)N[C@@H]21. The highest BCUT2D eigenvalue weighted by Crippen LogP contribution is 2.33. The number of carbonyl (C=O) groups excluding carboxylic acids is 2. The van der Waals surface area contributed by atoms with E-state index in [2.05, 4.69) is 10.6 Å². The molecule has 0 radical (unpaired) electrons. The predicted octanol–water partition coefficient (Wildman–Crippen LogP) is 1.46. The fourth-order valence-corrected chi connectivity index (χ4v) is 5.08. The monoisotopic (exact) mass is 431 g/mol. The second kappa shape index (κ2) is 15.0. The molecule has 0 saturated carbocycles. The molecule has 0 aromatic heterocycles. The largest absolute Gasteiger partial charge is 0.379 e. The average molecular weight is 432 g/mol. The van der Waals surface area contributed by atoms with Crippen LogP contribution >= 0.6 is 11.8 Å². The molecule has 8 nitrogen and oxygen atoms in total. The normalized spacial score (nSPS) is 23.1. The molecule has 0 spiro atoms. The fraction of sp³-hybridized carbons (Fsp3) is 0.900. The van der Waals surface area contributed by atoms with Gasteiger partial charge >= 0.3 is 6.03 Å². The third-order valence-electron chi connectivity index (χ3n) is 5.11. The van der Waals surface area contributed by atoms with Crippen LogP contribution < -0.4 is 16.4 Å². The Morgan fingerprint density at radius 1 is 0.931 bits per heavy atom. The van der Waals surface area contributed by atoms with Crippen molar-refractivity contribution in [2.45, 2.75) is 62.3 Å². The summed E-state index contributed by atoms with van der Waals surface area (Å²) in [7, 11) is 0. The first-order chi connectivity index (χ1) is 14.2. The number of ketones is 1. The minimum absolute atomic E-state index is 0.0402. The van der Waals surface area contributed by atoms with Gasteiger partial charge in [-0.1, -0.05) is 6.42 Å². The summed E-state index contributed by atoms with van der Waals surface area (Å²) in [6, 6.07) is 0.494. The molecule has 2 aliphatic heterocycles. The van der Waals surface area contributed by atoms with E-state index in [9.17, 15) is 9.59 Å². The van der Waals surface area contributed by atoms with Crippen molar-refractivity contribution in [3.63, 3.8) is 0 Å². The summed E-state index contributed by atoms with van der Waals surface area (Å²) < 4.78 is 16.2. The van der Waals surface area contributed by atoms with Crippen molar-refractivity contribution in [2.24, 2.45) is 5.73 Å². The molecule has 0 aromatic carbocycles. The van der Waals surface area contributed by atoms with Crippen LogP contribution in [0.3, 0.4) is 0 Å². The summed E-state index contributed by atoms with van der Waals surface area (Å²) >= 11 is 1.93. The van der Waals surface area contributed by atoms with E-state index < -0.39 is 0 Å². The van der Waals surface area contributed by atoms with Crippen molar-refractivity contribution < 1.29 is 23.8 Å². The van der Waals surface area contributed by atoms with E-state index in [0.717, 1.165) is 37.9 Å². The zero-order chi connectivity index (χ0) is 20.7. The van der Waals surface area contributed by atoms with Crippen LogP contribution in [-0.2, 0) is 19.0 Å². The number of hydrogen-bond donors (Lipinski definition) is 3. The van der Waals surface area contributed by atoms with E-state index in [1.54, 1.807) is 0 Å². The van der Waals surface area contributed by atoms with Gasteiger partial charge in [0, 0.05) is 37.1 Å². The third kappa shape index (κ3) is 10.1. The lowest BCUT2D eigenvalue weighted by Crippen LogP contribution is -2.36. The summed E-state index contributed by atoms with van der Waals surface area (Å²) in [4.78, 5) is 23.3. The molecule has 3 atom stereocenters. The number of thioether (sulfide) groups is 1. The van der Waals surface area contributed by atoms with Crippen LogP contribution in [0.25, 0.3) is 0 Å². The highest BCUT2D eigenvalue weighted by atomic mass is 32.2. The first-order valence-corrected chi connectivity index (χ1v) is 11.9. The molecular weight excluding hydrogens is 394 g/mol. The molecule has 168 valence electrons. The highest BCUT2D eigenvalue weighted by molar-refractivity contribution is 8.00. The Balaban J connectivity index is 1.33. The van der Waals surface area contributed by atoms with Gasteiger partial charge in [0.25, 0.3) is 0 Å². The maximum absolute atomic E-state index is 12.0. The van der Waals surface area contributed by atoms with Gasteiger partial charge in [-0.05, 0) is 32.2 Å². The van der Waals surface area contributed by atoms with E-state index in [0.29, 0.717) is 70.1 Å².